The molecule has 0 bridgehead atoms. The lowest BCUT2D eigenvalue weighted by Gasteiger charge is -2.22. The molecule has 31 heavy (non-hydrogen) atoms. The van der Waals surface area contributed by atoms with E-state index in [4.69, 9.17) is 21.1 Å². The summed E-state index contributed by atoms with van der Waals surface area (Å²) in [7, 11) is -0.429. The maximum Gasteiger partial charge on any atom is 0.269 e. The number of halogens is 2. The Morgan fingerprint density at radius 3 is 2.77 bits per heavy atom. The van der Waals surface area contributed by atoms with Crippen LogP contribution in [0, 0.1) is 5.82 Å². The van der Waals surface area contributed by atoms with Crippen molar-refractivity contribution in [3.8, 4) is 11.3 Å². The van der Waals surface area contributed by atoms with E-state index in [1.165, 1.54) is 12.1 Å². The van der Waals surface area contributed by atoms with Gasteiger partial charge in [0, 0.05) is 45.6 Å². The summed E-state index contributed by atoms with van der Waals surface area (Å²) >= 11 is 5.99. The quantitative estimate of drug-likeness (QED) is 0.564. The first-order valence-electron chi connectivity index (χ1n) is 9.62. The zero-order chi connectivity index (χ0) is 22.6. The fourth-order valence-electron chi connectivity index (χ4n) is 3.23. The standard InChI is InChI=1S/C19H24ClFN4O5S/c1-25-11-16(22-17(25)5-6-29-2)12-9-14(18(21)15(20)10-12)19(26)23-24-31(27,28)13-3-7-30-8-4-13/h9-11,13,24H,3-8H2,1-2H3,(H,23,26). The summed E-state index contributed by atoms with van der Waals surface area (Å²) in [6.07, 6.45) is 2.92. The van der Waals surface area contributed by atoms with Gasteiger partial charge >= 0.3 is 0 Å². The van der Waals surface area contributed by atoms with Crippen LogP contribution < -0.4 is 10.3 Å². The van der Waals surface area contributed by atoms with E-state index in [1.54, 1.807) is 17.9 Å². The molecule has 3 rings (SSSR count). The van der Waals surface area contributed by atoms with E-state index in [9.17, 15) is 17.6 Å². The molecule has 1 aliphatic heterocycles. The molecule has 1 aliphatic rings. The fourth-order valence-corrected chi connectivity index (χ4v) is 4.66. The smallest absolute Gasteiger partial charge is 0.269 e. The lowest BCUT2D eigenvalue weighted by atomic mass is 10.1. The highest BCUT2D eigenvalue weighted by atomic mass is 35.5. The van der Waals surface area contributed by atoms with E-state index in [0.29, 0.717) is 50.3 Å². The average Bonchev–Trinajstić information content (AvgIpc) is 3.13. The van der Waals surface area contributed by atoms with Gasteiger partial charge in [0.15, 0.2) is 5.82 Å². The number of hydrazine groups is 1. The Morgan fingerprint density at radius 1 is 1.39 bits per heavy atom. The van der Waals surface area contributed by atoms with Gasteiger partial charge in [-0.05, 0) is 25.0 Å². The van der Waals surface area contributed by atoms with Crippen LogP contribution in [0.25, 0.3) is 11.3 Å². The van der Waals surface area contributed by atoms with Gasteiger partial charge in [0.05, 0.1) is 28.1 Å². The van der Waals surface area contributed by atoms with Crippen LogP contribution in [0.1, 0.15) is 29.0 Å². The van der Waals surface area contributed by atoms with E-state index >= 15 is 0 Å². The van der Waals surface area contributed by atoms with Gasteiger partial charge in [0.1, 0.15) is 5.82 Å². The summed E-state index contributed by atoms with van der Waals surface area (Å²) in [4.78, 5) is 19.1. The number of ether oxygens (including phenoxy) is 2. The van der Waals surface area contributed by atoms with Gasteiger partial charge < -0.3 is 14.0 Å². The van der Waals surface area contributed by atoms with Crippen molar-refractivity contribution in [1.29, 1.82) is 0 Å². The Kier molecular flexibility index (Phi) is 7.65. The number of methoxy groups -OCH3 is 1. The Morgan fingerprint density at radius 2 is 2.10 bits per heavy atom. The van der Waals surface area contributed by atoms with Crippen LogP contribution >= 0.6 is 11.6 Å². The average molecular weight is 475 g/mol. The molecule has 9 nitrogen and oxygen atoms in total. The van der Waals surface area contributed by atoms with E-state index in [0.717, 1.165) is 5.82 Å². The van der Waals surface area contributed by atoms with Gasteiger partial charge in [-0.2, -0.15) is 0 Å². The number of rotatable bonds is 8. The summed E-state index contributed by atoms with van der Waals surface area (Å²) in [6, 6.07) is 2.64. The second-order valence-corrected chi connectivity index (χ2v) is 9.50. The number of aryl methyl sites for hydroxylation is 1. The third kappa shape index (κ3) is 5.60. The van der Waals surface area contributed by atoms with Gasteiger partial charge in [-0.1, -0.05) is 11.6 Å². The summed E-state index contributed by atoms with van der Waals surface area (Å²) < 4.78 is 51.3. The summed E-state index contributed by atoms with van der Waals surface area (Å²) in [5.41, 5.74) is 2.58. The fraction of sp³-hybridized carbons (Fsp3) is 0.474. The highest BCUT2D eigenvalue weighted by Gasteiger charge is 2.28. The Bertz CT molecular complexity index is 1050. The number of imidazole rings is 1. The lowest BCUT2D eigenvalue weighted by Crippen LogP contribution is -2.47. The number of aromatic nitrogens is 2. The number of carbonyl (C=O) groups excluding carboxylic acids is 1. The minimum Gasteiger partial charge on any atom is -0.384 e. The van der Waals surface area contributed by atoms with Crippen LogP contribution in [-0.2, 0) is 33.0 Å². The van der Waals surface area contributed by atoms with Gasteiger partial charge in [0.2, 0.25) is 10.0 Å². The lowest BCUT2D eigenvalue weighted by molar-refractivity contribution is 0.0934. The number of nitrogens with zero attached hydrogens (tertiary/aromatic N) is 2. The Balaban J connectivity index is 1.80. The summed E-state index contributed by atoms with van der Waals surface area (Å²) in [5, 5.41) is -0.973. The molecule has 12 heteroatoms. The van der Waals surface area contributed by atoms with Crippen molar-refractivity contribution >= 4 is 27.5 Å². The third-order valence-electron chi connectivity index (χ3n) is 4.98. The normalized spacial score (nSPS) is 15.2. The van der Waals surface area contributed by atoms with Crippen molar-refractivity contribution in [2.45, 2.75) is 24.5 Å². The number of amides is 1. The van der Waals surface area contributed by atoms with Crippen LogP contribution in [0.5, 0.6) is 0 Å². The van der Waals surface area contributed by atoms with Crippen molar-refractivity contribution < 1.29 is 27.1 Å². The Labute approximate surface area is 184 Å². The number of sulfonamides is 1. The zero-order valence-electron chi connectivity index (χ0n) is 17.2. The number of hydrogen-bond donors (Lipinski definition) is 2. The van der Waals surface area contributed by atoms with Crippen LogP contribution in [0.3, 0.4) is 0 Å². The molecule has 0 radical (unpaired) electrons. The monoisotopic (exact) mass is 474 g/mol. The molecular formula is C19H24ClFN4O5S. The van der Waals surface area contributed by atoms with Crippen LogP contribution in [-0.4, -0.2) is 56.1 Å². The predicted molar refractivity (Wildman–Crippen MR) is 113 cm³/mol. The number of nitrogens with one attached hydrogen (secondary N) is 2. The summed E-state index contributed by atoms with van der Waals surface area (Å²) in [5.74, 6) is -1.18. The first kappa shape index (κ1) is 23.6. The number of benzene rings is 1. The van der Waals surface area contributed by atoms with E-state index < -0.39 is 32.6 Å². The molecular weight excluding hydrogens is 451 g/mol. The van der Waals surface area contributed by atoms with Crippen molar-refractivity contribution in [2.75, 3.05) is 26.9 Å². The molecule has 0 unspecified atom stereocenters. The first-order valence-corrected chi connectivity index (χ1v) is 11.5. The van der Waals surface area contributed by atoms with Crippen LogP contribution in [0.2, 0.25) is 5.02 Å². The highest BCUT2D eigenvalue weighted by molar-refractivity contribution is 7.90. The molecule has 1 fully saturated rings. The van der Waals surface area contributed by atoms with Gasteiger partial charge in [0.25, 0.3) is 5.91 Å². The zero-order valence-corrected chi connectivity index (χ0v) is 18.7. The number of hydrogen-bond acceptors (Lipinski definition) is 6. The van der Waals surface area contributed by atoms with Crippen LogP contribution in [0.15, 0.2) is 18.3 Å². The molecule has 1 aromatic heterocycles. The van der Waals surface area contributed by atoms with Crippen molar-refractivity contribution in [2.24, 2.45) is 7.05 Å². The maximum absolute atomic E-state index is 14.5. The SMILES string of the molecule is COCCc1nc(-c2cc(Cl)c(F)c(C(=O)NNS(=O)(=O)C3CCOCC3)c2)cn1C. The molecule has 170 valence electrons. The molecule has 2 N–H and O–H groups in total. The first-order chi connectivity index (χ1) is 14.7. The van der Waals surface area contributed by atoms with Crippen molar-refractivity contribution in [3.63, 3.8) is 0 Å². The molecule has 0 aliphatic carbocycles. The number of carbonyl (C=O) groups is 1. The third-order valence-corrected chi connectivity index (χ3v) is 7.00. The van der Waals surface area contributed by atoms with E-state index in [1.807, 2.05) is 11.9 Å². The van der Waals surface area contributed by atoms with Gasteiger partial charge in [-0.25, -0.2) is 17.8 Å². The second kappa shape index (κ2) is 10.0. The topological polar surface area (TPSA) is 112 Å². The molecule has 1 aromatic carbocycles. The van der Waals surface area contributed by atoms with Gasteiger partial charge in [-0.15, -0.1) is 4.83 Å². The largest absolute Gasteiger partial charge is 0.384 e. The molecule has 0 atom stereocenters. The molecule has 0 saturated carbocycles. The minimum atomic E-state index is -3.83. The highest BCUT2D eigenvalue weighted by Crippen LogP contribution is 2.27. The van der Waals surface area contributed by atoms with E-state index in [2.05, 4.69) is 10.4 Å². The summed E-state index contributed by atoms with van der Waals surface area (Å²) in [6.45, 7) is 1.12. The maximum atomic E-state index is 14.5. The molecule has 1 saturated heterocycles. The van der Waals surface area contributed by atoms with Gasteiger partial charge in [-0.3, -0.25) is 10.2 Å². The molecule has 0 spiro atoms. The molecule has 2 heterocycles. The van der Waals surface area contributed by atoms with Crippen molar-refractivity contribution in [3.05, 3.63) is 40.6 Å². The molecule has 2 aromatic rings. The Hall–Kier alpha value is -2.05. The van der Waals surface area contributed by atoms with Crippen molar-refractivity contribution in [1.82, 2.24) is 19.8 Å². The minimum absolute atomic E-state index is 0.279. The van der Waals surface area contributed by atoms with Crippen LogP contribution in [0.4, 0.5) is 4.39 Å². The second-order valence-electron chi connectivity index (χ2n) is 7.13. The van der Waals surface area contributed by atoms with E-state index in [-0.39, 0.29) is 5.02 Å². The predicted octanol–water partition coefficient (Wildman–Crippen LogP) is 1.81. The molecule has 1 amide bonds.